The van der Waals surface area contributed by atoms with Crippen LogP contribution >= 0.6 is 0 Å². The molecule has 26 heavy (non-hydrogen) atoms. The number of para-hydroxylation sites is 1. The second kappa shape index (κ2) is 7.56. The van der Waals surface area contributed by atoms with Gasteiger partial charge in [-0.3, -0.25) is 14.9 Å². The Kier molecular flexibility index (Phi) is 5.21. The fourth-order valence-electron chi connectivity index (χ4n) is 3.45. The Morgan fingerprint density at radius 3 is 2.62 bits per heavy atom. The minimum absolute atomic E-state index is 0.0241. The largest absolute Gasteiger partial charge is 0.478 e. The van der Waals surface area contributed by atoms with Crippen molar-refractivity contribution in [1.82, 2.24) is 0 Å². The van der Waals surface area contributed by atoms with Crippen LogP contribution in [0.15, 0.2) is 54.6 Å². The van der Waals surface area contributed by atoms with Crippen molar-refractivity contribution in [3.05, 3.63) is 75.8 Å². The van der Waals surface area contributed by atoms with Gasteiger partial charge in [-0.1, -0.05) is 48.5 Å². The third kappa shape index (κ3) is 3.40. The predicted molar refractivity (Wildman–Crippen MR) is 95.5 cm³/mol. The van der Waals surface area contributed by atoms with Crippen LogP contribution in [0.3, 0.4) is 0 Å². The van der Waals surface area contributed by atoms with E-state index in [2.05, 4.69) is 0 Å². The van der Waals surface area contributed by atoms with E-state index in [1.54, 1.807) is 6.92 Å². The molecule has 0 aliphatic carbocycles. The Balaban J connectivity index is 2.02. The Labute approximate surface area is 151 Å². The molecule has 0 saturated heterocycles. The molecular formula is C20H21NO5. The number of hydrogen-bond donors (Lipinski definition) is 0. The number of carbonyl (C=O) groups is 1. The van der Waals surface area contributed by atoms with Gasteiger partial charge in [0.05, 0.1) is 19.4 Å². The van der Waals surface area contributed by atoms with E-state index in [-0.39, 0.29) is 30.8 Å². The van der Waals surface area contributed by atoms with Gasteiger partial charge in [0, 0.05) is 16.9 Å². The lowest BCUT2D eigenvalue weighted by Gasteiger charge is -2.38. The van der Waals surface area contributed by atoms with Crippen LogP contribution in [0.4, 0.5) is 0 Å². The van der Waals surface area contributed by atoms with E-state index >= 15 is 0 Å². The number of hydrogen-bond acceptors (Lipinski definition) is 5. The van der Waals surface area contributed by atoms with Crippen molar-refractivity contribution >= 4 is 5.97 Å². The summed E-state index contributed by atoms with van der Waals surface area (Å²) in [7, 11) is 0. The maximum atomic E-state index is 12.2. The highest BCUT2D eigenvalue weighted by molar-refractivity contribution is 5.69. The van der Waals surface area contributed by atoms with Gasteiger partial charge in [-0.15, -0.1) is 0 Å². The van der Waals surface area contributed by atoms with E-state index in [9.17, 15) is 14.9 Å². The van der Waals surface area contributed by atoms with Crippen LogP contribution in [0.5, 0.6) is 5.75 Å². The van der Waals surface area contributed by atoms with E-state index in [0.29, 0.717) is 5.75 Å². The maximum Gasteiger partial charge on any atom is 0.306 e. The van der Waals surface area contributed by atoms with Crippen LogP contribution in [-0.4, -0.2) is 23.0 Å². The smallest absolute Gasteiger partial charge is 0.306 e. The first-order valence-corrected chi connectivity index (χ1v) is 8.66. The molecule has 6 heteroatoms. The Bertz CT molecular complexity index is 792. The first-order chi connectivity index (χ1) is 12.6. The molecule has 1 aliphatic rings. The fourth-order valence-corrected chi connectivity index (χ4v) is 3.45. The summed E-state index contributed by atoms with van der Waals surface area (Å²) < 4.78 is 11.1. The molecule has 0 bridgehead atoms. The van der Waals surface area contributed by atoms with Gasteiger partial charge >= 0.3 is 5.97 Å². The van der Waals surface area contributed by atoms with E-state index in [0.717, 1.165) is 11.1 Å². The Morgan fingerprint density at radius 1 is 1.23 bits per heavy atom. The zero-order valence-corrected chi connectivity index (χ0v) is 14.6. The fraction of sp³-hybridized carbons (Fsp3) is 0.350. The van der Waals surface area contributed by atoms with Gasteiger partial charge < -0.3 is 9.47 Å². The molecule has 0 N–H and O–H groups in total. The molecule has 1 heterocycles. The quantitative estimate of drug-likeness (QED) is 0.448. The number of nitro groups is 1. The summed E-state index contributed by atoms with van der Waals surface area (Å²) in [5.41, 5.74) is 0.0745. The van der Waals surface area contributed by atoms with Crippen LogP contribution in [0.2, 0.25) is 0 Å². The standard InChI is InChI=1S/C20H21NO5/c1-2-25-18(22)12-13-20(21(23)24)14-16-10-6-7-11-17(16)26-19(20)15-8-4-3-5-9-15/h3-11,19H,2,12-14H2,1H3. The molecule has 2 aromatic rings. The van der Waals surface area contributed by atoms with Crippen molar-refractivity contribution in [2.24, 2.45) is 0 Å². The van der Waals surface area contributed by atoms with Crippen molar-refractivity contribution in [2.75, 3.05) is 6.61 Å². The number of nitrogens with zero attached hydrogens (tertiary/aromatic N) is 1. The summed E-state index contributed by atoms with van der Waals surface area (Å²) in [6.07, 6.45) is -0.547. The number of fused-ring (bicyclic) bond motifs is 1. The first-order valence-electron chi connectivity index (χ1n) is 8.66. The lowest BCUT2D eigenvalue weighted by atomic mass is 9.77. The van der Waals surface area contributed by atoms with Gasteiger partial charge in [-0.2, -0.15) is 0 Å². The van der Waals surface area contributed by atoms with E-state index in [4.69, 9.17) is 9.47 Å². The average molecular weight is 355 g/mol. The van der Waals surface area contributed by atoms with Crippen molar-refractivity contribution in [1.29, 1.82) is 0 Å². The minimum Gasteiger partial charge on any atom is -0.478 e. The molecule has 0 radical (unpaired) electrons. The predicted octanol–water partition coefficient (Wildman–Crippen LogP) is 3.72. The normalized spacial score (nSPS) is 21.3. The lowest BCUT2D eigenvalue weighted by molar-refractivity contribution is -0.586. The highest BCUT2D eigenvalue weighted by atomic mass is 16.6. The molecule has 136 valence electrons. The van der Waals surface area contributed by atoms with Crippen LogP contribution in [0.25, 0.3) is 0 Å². The topological polar surface area (TPSA) is 78.7 Å². The van der Waals surface area contributed by atoms with Crippen molar-refractivity contribution in [3.63, 3.8) is 0 Å². The van der Waals surface area contributed by atoms with Crippen molar-refractivity contribution < 1.29 is 19.2 Å². The minimum atomic E-state index is -1.43. The van der Waals surface area contributed by atoms with Gasteiger partial charge in [0.15, 0.2) is 6.10 Å². The lowest BCUT2D eigenvalue weighted by Crippen LogP contribution is -2.51. The van der Waals surface area contributed by atoms with E-state index < -0.39 is 17.6 Å². The van der Waals surface area contributed by atoms with Crippen LogP contribution in [0, 0.1) is 10.1 Å². The number of esters is 1. The number of carbonyl (C=O) groups excluding carboxylic acids is 1. The zero-order chi connectivity index (χ0) is 18.6. The maximum absolute atomic E-state index is 12.2. The monoisotopic (exact) mass is 355 g/mol. The molecule has 2 atom stereocenters. The summed E-state index contributed by atoms with van der Waals surface area (Å²) >= 11 is 0. The molecule has 0 amide bonds. The van der Waals surface area contributed by atoms with E-state index in [1.807, 2.05) is 54.6 Å². The molecule has 2 aromatic carbocycles. The average Bonchev–Trinajstić information content (AvgIpc) is 2.66. The van der Waals surface area contributed by atoms with Gasteiger partial charge in [-0.25, -0.2) is 0 Å². The highest BCUT2D eigenvalue weighted by Crippen LogP contribution is 2.45. The number of benzene rings is 2. The van der Waals surface area contributed by atoms with Crippen LogP contribution < -0.4 is 4.74 Å². The summed E-state index contributed by atoms with van der Waals surface area (Å²) in [6, 6.07) is 16.5. The summed E-state index contributed by atoms with van der Waals surface area (Å²) in [4.78, 5) is 23.8. The van der Waals surface area contributed by atoms with Crippen LogP contribution in [-0.2, 0) is 16.0 Å². The summed E-state index contributed by atoms with van der Waals surface area (Å²) in [5, 5.41) is 12.2. The van der Waals surface area contributed by atoms with E-state index in [1.165, 1.54) is 0 Å². The molecule has 0 spiro atoms. The molecule has 0 fully saturated rings. The Hall–Kier alpha value is -2.89. The van der Waals surface area contributed by atoms with Gasteiger partial charge in [-0.05, 0) is 18.6 Å². The van der Waals surface area contributed by atoms with Crippen molar-refractivity contribution in [3.8, 4) is 5.75 Å². The SMILES string of the molecule is CCOC(=O)CCC1([N+](=O)[O-])Cc2ccccc2OC1c1ccccc1. The van der Waals surface area contributed by atoms with Gasteiger partial charge in [0.25, 0.3) is 5.54 Å². The molecule has 1 aliphatic heterocycles. The molecule has 2 unspecified atom stereocenters. The van der Waals surface area contributed by atoms with Gasteiger partial charge in [0.2, 0.25) is 0 Å². The second-order valence-electron chi connectivity index (χ2n) is 6.36. The third-order valence-electron chi connectivity index (χ3n) is 4.74. The zero-order valence-electron chi connectivity index (χ0n) is 14.6. The third-order valence-corrected chi connectivity index (χ3v) is 4.74. The molecule has 6 nitrogen and oxygen atoms in total. The summed E-state index contributed by atoms with van der Waals surface area (Å²) in [6.45, 7) is 1.97. The number of rotatable bonds is 6. The Morgan fingerprint density at radius 2 is 1.92 bits per heavy atom. The number of ether oxygens (including phenoxy) is 2. The first kappa shape index (κ1) is 17.9. The molecule has 0 saturated carbocycles. The molecule has 0 aromatic heterocycles. The van der Waals surface area contributed by atoms with Gasteiger partial charge in [0.1, 0.15) is 5.75 Å². The van der Waals surface area contributed by atoms with Crippen LogP contribution in [0.1, 0.15) is 37.0 Å². The molecule has 3 rings (SSSR count). The van der Waals surface area contributed by atoms with Crippen molar-refractivity contribution in [2.45, 2.75) is 37.8 Å². The molecular weight excluding hydrogens is 334 g/mol. The highest BCUT2D eigenvalue weighted by Gasteiger charge is 2.55. The second-order valence-corrected chi connectivity index (χ2v) is 6.36. The summed E-state index contributed by atoms with van der Waals surface area (Å²) in [5.74, 6) is 0.217.